The standard InChI is InChI=1S/C21H21N3O2/c1-13-6-3-4-8-17(13)15-10-18-20(19(25)11-15)14(2)23-21(24-18)22-12-16-7-5-9-26-16/h3-9,15H,10-12H2,1-2H3,(H,22,23,24)/t15-/m0/s1. The van der Waals surface area contributed by atoms with Crippen molar-refractivity contribution in [3.63, 3.8) is 0 Å². The van der Waals surface area contributed by atoms with Crippen molar-refractivity contribution in [1.29, 1.82) is 0 Å². The number of anilines is 1. The Balaban J connectivity index is 1.63. The summed E-state index contributed by atoms with van der Waals surface area (Å²) in [6.45, 7) is 4.49. The molecule has 1 atom stereocenters. The third-order valence-corrected chi connectivity index (χ3v) is 4.94. The van der Waals surface area contributed by atoms with Gasteiger partial charge in [0.05, 0.1) is 29.8 Å². The van der Waals surface area contributed by atoms with Gasteiger partial charge in [-0.2, -0.15) is 0 Å². The highest BCUT2D eigenvalue weighted by molar-refractivity contribution is 5.99. The number of nitrogens with zero attached hydrogens (tertiary/aromatic N) is 2. The summed E-state index contributed by atoms with van der Waals surface area (Å²) >= 11 is 0. The van der Waals surface area contributed by atoms with Gasteiger partial charge in [0.15, 0.2) is 5.78 Å². The maximum Gasteiger partial charge on any atom is 0.223 e. The van der Waals surface area contributed by atoms with Crippen LogP contribution in [0.1, 0.15) is 51.0 Å². The monoisotopic (exact) mass is 347 g/mol. The van der Waals surface area contributed by atoms with Crippen molar-refractivity contribution < 1.29 is 9.21 Å². The summed E-state index contributed by atoms with van der Waals surface area (Å²) in [5.74, 6) is 1.66. The molecule has 0 spiro atoms. The van der Waals surface area contributed by atoms with E-state index >= 15 is 0 Å². The molecule has 132 valence electrons. The highest BCUT2D eigenvalue weighted by Crippen LogP contribution is 2.34. The SMILES string of the molecule is Cc1ccccc1[C@@H]1CC(=O)c2c(C)nc(NCc3ccco3)nc2C1. The number of benzene rings is 1. The van der Waals surface area contributed by atoms with Crippen LogP contribution in [-0.4, -0.2) is 15.8 Å². The second kappa shape index (κ2) is 6.75. The topological polar surface area (TPSA) is 68.0 Å². The third kappa shape index (κ3) is 3.12. The van der Waals surface area contributed by atoms with E-state index in [1.807, 2.05) is 31.2 Å². The number of aromatic nitrogens is 2. The fourth-order valence-corrected chi connectivity index (χ4v) is 3.70. The van der Waals surface area contributed by atoms with Gasteiger partial charge in [-0.05, 0) is 49.4 Å². The van der Waals surface area contributed by atoms with Gasteiger partial charge in [0.25, 0.3) is 0 Å². The van der Waals surface area contributed by atoms with E-state index in [-0.39, 0.29) is 11.7 Å². The Kier molecular flexibility index (Phi) is 4.29. The van der Waals surface area contributed by atoms with Crippen molar-refractivity contribution in [2.24, 2.45) is 0 Å². The van der Waals surface area contributed by atoms with Crippen LogP contribution in [0.4, 0.5) is 5.95 Å². The van der Waals surface area contributed by atoms with Crippen LogP contribution < -0.4 is 5.32 Å². The first-order chi connectivity index (χ1) is 12.6. The maximum absolute atomic E-state index is 12.7. The number of aryl methyl sites for hydroxylation is 2. The minimum Gasteiger partial charge on any atom is -0.467 e. The fourth-order valence-electron chi connectivity index (χ4n) is 3.70. The van der Waals surface area contributed by atoms with Gasteiger partial charge in [-0.1, -0.05) is 24.3 Å². The number of ketones is 1. The predicted molar refractivity (Wildman–Crippen MR) is 99.4 cm³/mol. The Morgan fingerprint density at radius 1 is 1.12 bits per heavy atom. The maximum atomic E-state index is 12.7. The zero-order valence-electron chi connectivity index (χ0n) is 15.0. The smallest absolute Gasteiger partial charge is 0.223 e. The first-order valence-corrected chi connectivity index (χ1v) is 8.84. The molecule has 0 fully saturated rings. The number of nitrogens with one attached hydrogen (secondary N) is 1. The first-order valence-electron chi connectivity index (χ1n) is 8.84. The molecule has 0 saturated heterocycles. The van der Waals surface area contributed by atoms with Crippen molar-refractivity contribution in [1.82, 2.24) is 9.97 Å². The van der Waals surface area contributed by atoms with E-state index in [9.17, 15) is 4.79 Å². The van der Waals surface area contributed by atoms with Gasteiger partial charge in [0.2, 0.25) is 5.95 Å². The summed E-state index contributed by atoms with van der Waals surface area (Å²) in [4.78, 5) is 21.9. The average Bonchev–Trinajstić information content (AvgIpc) is 3.13. The van der Waals surface area contributed by atoms with E-state index < -0.39 is 0 Å². The molecule has 0 bridgehead atoms. The van der Waals surface area contributed by atoms with Gasteiger partial charge in [-0.3, -0.25) is 4.79 Å². The van der Waals surface area contributed by atoms with Crippen molar-refractivity contribution in [3.8, 4) is 0 Å². The molecule has 0 unspecified atom stereocenters. The first kappa shape index (κ1) is 16.5. The van der Waals surface area contributed by atoms with Gasteiger partial charge in [0.1, 0.15) is 5.76 Å². The van der Waals surface area contributed by atoms with E-state index in [0.717, 1.165) is 23.6 Å². The minimum absolute atomic E-state index is 0.134. The number of hydrogen-bond acceptors (Lipinski definition) is 5. The zero-order chi connectivity index (χ0) is 18.1. The highest BCUT2D eigenvalue weighted by Gasteiger charge is 2.30. The molecule has 1 aromatic carbocycles. The van der Waals surface area contributed by atoms with Crippen LogP contribution in [0.25, 0.3) is 0 Å². The molecule has 2 aromatic heterocycles. The Bertz CT molecular complexity index is 948. The lowest BCUT2D eigenvalue weighted by atomic mass is 9.80. The van der Waals surface area contributed by atoms with Crippen LogP contribution in [0.5, 0.6) is 0 Å². The lowest BCUT2D eigenvalue weighted by Gasteiger charge is -2.25. The molecule has 4 rings (SSSR count). The quantitative estimate of drug-likeness (QED) is 0.765. The highest BCUT2D eigenvalue weighted by atomic mass is 16.3. The number of fused-ring (bicyclic) bond motifs is 1. The lowest BCUT2D eigenvalue weighted by molar-refractivity contribution is 0.0962. The van der Waals surface area contributed by atoms with Crippen LogP contribution in [0.2, 0.25) is 0 Å². The second-order valence-electron chi connectivity index (χ2n) is 6.77. The molecule has 2 heterocycles. The molecule has 3 aromatic rings. The van der Waals surface area contributed by atoms with Gasteiger partial charge in [-0.15, -0.1) is 0 Å². The predicted octanol–water partition coefficient (Wildman–Crippen LogP) is 4.21. The Hall–Kier alpha value is -2.95. The summed E-state index contributed by atoms with van der Waals surface area (Å²) in [6.07, 6.45) is 2.91. The second-order valence-corrected chi connectivity index (χ2v) is 6.77. The number of furan rings is 1. The van der Waals surface area contributed by atoms with Crippen molar-refractivity contribution in [2.75, 3.05) is 5.32 Å². The Morgan fingerprint density at radius 2 is 1.96 bits per heavy atom. The van der Waals surface area contributed by atoms with E-state index in [2.05, 4.69) is 34.3 Å². The number of Topliss-reactive ketones (excluding diaryl/α,β-unsaturated/α-hetero) is 1. The van der Waals surface area contributed by atoms with E-state index in [4.69, 9.17) is 4.42 Å². The van der Waals surface area contributed by atoms with Gasteiger partial charge >= 0.3 is 0 Å². The van der Waals surface area contributed by atoms with Crippen molar-refractivity contribution in [3.05, 3.63) is 76.5 Å². The molecule has 5 nitrogen and oxygen atoms in total. The summed E-state index contributed by atoms with van der Waals surface area (Å²) in [5, 5.41) is 3.19. The molecule has 0 saturated carbocycles. The molecular weight excluding hydrogens is 326 g/mol. The van der Waals surface area contributed by atoms with Gasteiger partial charge in [-0.25, -0.2) is 9.97 Å². The summed E-state index contributed by atoms with van der Waals surface area (Å²) in [6, 6.07) is 12.0. The molecule has 1 aliphatic carbocycles. The van der Waals surface area contributed by atoms with Crippen molar-refractivity contribution in [2.45, 2.75) is 39.2 Å². The summed E-state index contributed by atoms with van der Waals surface area (Å²) < 4.78 is 5.33. The number of rotatable bonds is 4. The third-order valence-electron chi connectivity index (χ3n) is 4.94. The van der Waals surface area contributed by atoms with E-state index in [1.165, 1.54) is 11.1 Å². The molecule has 5 heteroatoms. The molecule has 0 aliphatic heterocycles. The van der Waals surface area contributed by atoms with E-state index in [0.29, 0.717) is 24.5 Å². The minimum atomic E-state index is 0.134. The summed E-state index contributed by atoms with van der Waals surface area (Å²) in [7, 11) is 0. The Morgan fingerprint density at radius 3 is 2.73 bits per heavy atom. The molecule has 26 heavy (non-hydrogen) atoms. The number of carbonyl (C=O) groups is 1. The van der Waals surface area contributed by atoms with Crippen molar-refractivity contribution >= 4 is 11.7 Å². The molecule has 0 radical (unpaired) electrons. The molecule has 1 aliphatic rings. The molecular formula is C21H21N3O2. The molecule has 1 N–H and O–H groups in total. The van der Waals surface area contributed by atoms with Crippen LogP contribution in [0.15, 0.2) is 47.1 Å². The zero-order valence-corrected chi connectivity index (χ0v) is 15.0. The number of carbonyl (C=O) groups excluding carboxylic acids is 1. The summed E-state index contributed by atoms with van der Waals surface area (Å²) in [5.41, 5.74) is 4.72. The van der Waals surface area contributed by atoms with Crippen LogP contribution in [-0.2, 0) is 13.0 Å². The van der Waals surface area contributed by atoms with Crippen LogP contribution in [0.3, 0.4) is 0 Å². The average molecular weight is 347 g/mol. The van der Waals surface area contributed by atoms with Crippen LogP contribution >= 0.6 is 0 Å². The van der Waals surface area contributed by atoms with E-state index in [1.54, 1.807) is 6.26 Å². The normalized spacial score (nSPS) is 16.4. The largest absolute Gasteiger partial charge is 0.467 e. The van der Waals surface area contributed by atoms with Crippen LogP contribution in [0, 0.1) is 13.8 Å². The molecule has 0 amide bonds. The lowest BCUT2D eigenvalue weighted by Crippen LogP contribution is -2.23. The van der Waals surface area contributed by atoms with Gasteiger partial charge < -0.3 is 9.73 Å². The fraction of sp³-hybridized carbons (Fsp3) is 0.286. The number of hydrogen-bond donors (Lipinski definition) is 1. The van der Waals surface area contributed by atoms with Gasteiger partial charge in [0, 0.05) is 6.42 Å². The Labute approximate surface area is 152 Å².